The van der Waals surface area contributed by atoms with Gasteiger partial charge in [0.2, 0.25) is 0 Å². The lowest BCUT2D eigenvalue weighted by atomic mass is 9.95. The lowest BCUT2D eigenvalue weighted by molar-refractivity contribution is -0.153. The Bertz CT molecular complexity index is 1570. The number of aromatic nitrogens is 2. The summed E-state index contributed by atoms with van der Waals surface area (Å²) in [6, 6.07) is 15.7. The number of alkyl halides is 6. The average molecular weight is 589 g/mol. The first-order valence-corrected chi connectivity index (χ1v) is 12.8. The Morgan fingerprint density at radius 2 is 1.19 bits per heavy atom. The minimum absolute atomic E-state index is 0.0319. The molecule has 4 rings (SSSR count). The predicted molar refractivity (Wildman–Crippen MR) is 143 cm³/mol. The average Bonchev–Trinajstić information content (AvgIpc) is 2.92. The molecule has 2 aromatic heterocycles. The first kappa shape index (κ1) is 30.7. The SMILES string of the molecule is CC(=O)OC(c1ccc(-c2ccc(C(F)(F)F)cc2)nc1C)C(O)Cc1ccc(-c2ccc(C(F)(F)F)cc2)nc1C. The van der Waals surface area contributed by atoms with Crippen molar-refractivity contribution in [3.8, 4) is 22.5 Å². The Balaban J connectivity index is 1.55. The first-order chi connectivity index (χ1) is 19.6. The second-order valence-corrected chi connectivity index (χ2v) is 9.76. The quantitative estimate of drug-likeness (QED) is 0.177. The van der Waals surface area contributed by atoms with Gasteiger partial charge in [0.05, 0.1) is 28.6 Å². The monoisotopic (exact) mass is 588 g/mol. The number of benzene rings is 2. The summed E-state index contributed by atoms with van der Waals surface area (Å²) >= 11 is 0. The fraction of sp³-hybridized carbons (Fsp3) is 0.258. The number of aliphatic hydroxyl groups excluding tert-OH is 1. The largest absolute Gasteiger partial charge is 0.455 e. The van der Waals surface area contributed by atoms with Crippen molar-refractivity contribution in [1.82, 2.24) is 9.97 Å². The maximum absolute atomic E-state index is 12.9. The smallest absolute Gasteiger partial charge is 0.416 e. The second-order valence-electron chi connectivity index (χ2n) is 9.76. The molecule has 0 aliphatic heterocycles. The number of carbonyl (C=O) groups is 1. The third-order valence-electron chi connectivity index (χ3n) is 6.72. The van der Waals surface area contributed by atoms with Gasteiger partial charge in [0, 0.05) is 41.4 Å². The molecule has 0 aliphatic carbocycles. The lowest BCUT2D eigenvalue weighted by Crippen LogP contribution is -2.26. The molecule has 0 spiro atoms. The van der Waals surface area contributed by atoms with Gasteiger partial charge in [-0.3, -0.25) is 14.8 Å². The van der Waals surface area contributed by atoms with Crippen LogP contribution in [0.15, 0.2) is 72.8 Å². The number of halogens is 6. The molecule has 220 valence electrons. The van der Waals surface area contributed by atoms with E-state index in [9.17, 15) is 36.2 Å². The van der Waals surface area contributed by atoms with E-state index in [0.29, 0.717) is 45.0 Å². The molecule has 2 unspecified atom stereocenters. The Labute approximate surface area is 237 Å². The molecule has 0 aliphatic rings. The summed E-state index contributed by atoms with van der Waals surface area (Å²) in [5.41, 5.74) is 2.23. The molecule has 5 nitrogen and oxygen atoms in total. The van der Waals surface area contributed by atoms with Crippen LogP contribution in [0.3, 0.4) is 0 Å². The van der Waals surface area contributed by atoms with Crippen LogP contribution in [-0.4, -0.2) is 27.1 Å². The third-order valence-corrected chi connectivity index (χ3v) is 6.72. The second kappa shape index (κ2) is 11.9. The molecule has 0 amide bonds. The molecule has 42 heavy (non-hydrogen) atoms. The van der Waals surface area contributed by atoms with Gasteiger partial charge in [-0.05, 0) is 55.8 Å². The van der Waals surface area contributed by atoms with Gasteiger partial charge in [-0.2, -0.15) is 26.3 Å². The summed E-state index contributed by atoms with van der Waals surface area (Å²) in [5.74, 6) is -0.641. The number of hydrogen-bond donors (Lipinski definition) is 1. The van der Waals surface area contributed by atoms with Gasteiger partial charge in [-0.1, -0.05) is 36.4 Å². The van der Waals surface area contributed by atoms with Gasteiger partial charge in [0.15, 0.2) is 6.10 Å². The van der Waals surface area contributed by atoms with E-state index < -0.39 is 41.7 Å². The van der Waals surface area contributed by atoms with E-state index >= 15 is 0 Å². The molecule has 0 bridgehead atoms. The summed E-state index contributed by atoms with van der Waals surface area (Å²) < 4.78 is 82.9. The van der Waals surface area contributed by atoms with Crippen LogP contribution in [0.25, 0.3) is 22.5 Å². The first-order valence-electron chi connectivity index (χ1n) is 12.8. The molecule has 4 aromatic rings. The van der Waals surface area contributed by atoms with E-state index in [2.05, 4.69) is 9.97 Å². The Kier molecular flexibility index (Phi) is 8.72. The minimum Gasteiger partial charge on any atom is -0.455 e. The number of rotatable bonds is 7. The zero-order valence-electron chi connectivity index (χ0n) is 22.7. The van der Waals surface area contributed by atoms with E-state index in [-0.39, 0.29) is 6.42 Å². The number of ether oxygens (including phenoxy) is 1. The van der Waals surface area contributed by atoms with Crippen LogP contribution in [0.5, 0.6) is 0 Å². The summed E-state index contributed by atoms with van der Waals surface area (Å²) in [7, 11) is 0. The molecule has 0 fully saturated rings. The molecule has 2 heterocycles. The van der Waals surface area contributed by atoms with Crippen molar-refractivity contribution in [3.63, 3.8) is 0 Å². The topological polar surface area (TPSA) is 72.3 Å². The van der Waals surface area contributed by atoms with Crippen LogP contribution in [0.1, 0.15) is 46.7 Å². The number of hydrogen-bond acceptors (Lipinski definition) is 5. The van der Waals surface area contributed by atoms with E-state index in [0.717, 1.165) is 24.3 Å². The van der Waals surface area contributed by atoms with Crippen LogP contribution in [0.2, 0.25) is 0 Å². The van der Waals surface area contributed by atoms with Crippen molar-refractivity contribution < 1.29 is 41.0 Å². The highest BCUT2D eigenvalue weighted by molar-refractivity contribution is 5.67. The van der Waals surface area contributed by atoms with Gasteiger partial charge >= 0.3 is 18.3 Å². The van der Waals surface area contributed by atoms with Crippen molar-refractivity contribution >= 4 is 5.97 Å². The maximum Gasteiger partial charge on any atom is 0.416 e. The maximum atomic E-state index is 12.9. The Hall–Kier alpha value is -4.25. The molecule has 2 aromatic carbocycles. The molecular weight excluding hydrogens is 562 g/mol. The minimum atomic E-state index is -4.46. The molecule has 0 saturated carbocycles. The molecular formula is C31H26F6N2O3. The van der Waals surface area contributed by atoms with E-state index in [1.54, 1.807) is 38.1 Å². The van der Waals surface area contributed by atoms with Crippen LogP contribution in [0, 0.1) is 13.8 Å². The molecule has 11 heteroatoms. The number of pyridine rings is 2. The van der Waals surface area contributed by atoms with Gasteiger partial charge in [0.25, 0.3) is 0 Å². The van der Waals surface area contributed by atoms with Gasteiger partial charge in [-0.25, -0.2) is 0 Å². The van der Waals surface area contributed by atoms with Crippen molar-refractivity contribution in [2.75, 3.05) is 0 Å². The lowest BCUT2D eigenvalue weighted by Gasteiger charge is -2.25. The normalized spacial score (nSPS) is 13.5. The number of nitrogens with zero attached hydrogens (tertiary/aromatic N) is 2. The van der Waals surface area contributed by atoms with E-state index in [1.165, 1.54) is 31.2 Å². The third kappa shape index (κ3) is 7.14. The number of esters is 1. The highest BCUT2D eigenvalue weighted by Crippen LogP contribution is 2.33. The Morgan fingerprint density at radius 3 is 1.60 bits per heavy atom. The summed E-state index contributed by atoms with van der Waals surface area (Å²) in [5, 5.41) is 11.2. The fourth-order valence-corrected chi connectivity index (χ4v) is 4.52. The van der Waals surface area contributed by atoms with Gasteiger partial charge < -0.3 is 9.84 Å². The summed E-state index contributed by atoms with van der Waals surface area (Å²) in [6.07, 6.45) is -11.2. The van der Waals surface area contributed by atoms with Crippen LogP contribution >= 0.6 is 0 Å². The van der Waals surface area contributed by atoms with Gasteiger partial charge in [0.1, 0.15) is 0 Å². The van der Waals surface area contributed by atoms with Gasteiger partial charge in [-0.15, -0.1) is 0 Å². The predicted octanol–water partition coefficient (Wildman–Crippen LogP) is 7.67. The highest BCUT2D eigenvalue weighted by Gasteiger charge is 2.31. The van der Waals surface area contributed by atoms with Crippen LogP contribution < -0.4 is 0 Å². The summed E-state index contributed by atoms with van der Waals surface area (Å²) in [4.78, 5) is 20.9. The standard InChI is InChI=1S/C31H26F6N2O3/c1-17-22(8-14-26(38-17)20-4-9-23(10-5-20)30(32,33)34)16-28(41)29(42-19(3)40)25-13-15-27(39-18(25)2)21-6-11-24(12-7-21)31(35,36)37/h4-15,28-29,41H,16H2,1-3H3. The van der Waals surface area contributed by atoms with Crippen molar-refractivity contribution in [1.29, 1.82) is 0 Å². The van der Waals surface area contributed by atoms with Crippen molar-refractivity contribution in [3.05, 3.63) is 106 Å². The number of carbonyl (C=O) groups excluding carboxylic acids is 1. The highest BCUT2D eigenvalue weighted by atomic mass is 19.4. The zero-order chi connectivity index (χ0) is 30.8. The van der Waals surface area contributed by atoms with Crippen LogP contribution in [0.4, 0.5) is 26.3 Å². The molecule has 2 atom stereocenters. The van der Waals surface area contributed by atoms with Crippen molar-refractivity contribution in [2.24, 2.45) is 0 Å². The van der Waals surface area contributed by atoms with Crippen molar-refractivity contribution in [2.45, 2.75) is 51.8 Å². The molecule has 0 radical (unpaired) electrons. The number of aryl methyl sites for hydroxylation is 2. The molecule has 1 N–H and O–H groups in total. The summed E-state index contributed by atoms with van der Waals surface area (Å²) in [6.45, 7) is 4.53. The zero-order valence-corrected chi connectivity index (χ0v) is 22.7. The fourth-order valence-electron chi connectivity index (χ4n) is 4.52. The van der Waals surface area contributed by atoms with Crippen LogP contribution in [-0.2, 0) is 28.3 Å². The molecule has 0 saturated heterocycles. The number of aliphatic hydroxyl groups is 1. The van der Waals surface area contributed by atoms with E-state index in [1.807, 2.05) is 0 Å². The van der Waals surface area contributed by atoms with E-state index in [4.69, 9.17) is 4.74 Å². The Morgan fingerprint density at radius 1 is 0.738 bits per heavy atom.